The number of imide groups is 1. The fourth-order valence-electron chi connectivity index (χ4n) is 3.66. The summed E-state index contributed by atoms with van der Waals surface area (Å²) in [6.07, 6.45) is 5.91. The molecule has 1 aromatic carbocycles. The summed E-state index contributed by atoms with van der Waals surface area (Å²) in [7, 11) is 3.07. The molecule has 1 aliphatic heterocycles. The summed E-state index contributed by atoms with van der Waals surface area (Å²) < 4.78 is 10.5. The zero-order chi connectivity index (χ0) is 21.0. The van der Waals surface area contributed by atoms with E-state index in [4.69, 9.17) is 9.47 Å². The minimum atomic E-state index is -0.457. The van der Waals surface area contributed by atoms with Crippen LogP contribution >= 0.6 is 11.8 Å². The van der Waals surface area contributed by atoms with Gasteiger partial charge in [-0.1, -0.05) is 25.8 Å². The van der Waals surface area contributed by atoms with E-state index in [9.17, 15) is 14.4 Å². The molecular weight excluding hydrogens is 392 g/mol. The van der Waals surface area contributed by atoms with E-state index >= 15 is 0 Å². The standard InChI is InChI=1S/C21H26N2O5S/c1-13-6-4-5-7-15(13)22-19(24)12-23-20(25)18(29-21(23)26)11-14-8-9-16(27-2)17(10-14)28-3/h8-11,13,15H,4-7,12H2,1-3H3,(H,22,24)/b18-11-/t13-,15+/m0/s1. The Morgan fingerprint density at radius 1 is 1.21 bits per heavy atom. The van der Waals surface area contributed by atoms with Crippen LogP contribution in [0.15, 0.2) is 23.1 Å². The highest BCUT2D eigenvalue weighted by Gasteiger charge is 2.37. The van der Waals surface area contributed by atoms with E-state index in [0.717, 1.165) is 35.9 Å². The zero-order valence-corrected chi connectivity index (χ0v) is 17.7. The van der Waals surface area contributed by atoms with E-state index in [1.807, 2.05) is 0 Å². The normalized spacial score (nSPS) is 23.4. The van der Waals surface area contributed by atoms with Crippen molar-refractivity contribution in [3.05, 3.63) is 28.7 Å². The number of amides is 3. The third kappa shape index (κ3) is 4.93. The van der Waals surface area contributed by atoms with Crippen LogP contribution in [0.25, 0.3) is 6.08 Å². The number of thioether (sulfide) groups is 1. The van der Waals surface area contributed by atoms with Crippen molar-refractivity contribution >= 4 is 34.9 Å². The van der Waals surface area contributed by atoms with Crippen molar-refractivity contribution in [2.45, 2.75) is 38.6 Å². The highest BCUT2D eigenvalue weighted by molar-refractivity contribution is 8.18. The Morgan fingerprint density at radius 3 is 2.62 bits per heavy atom. The lowest BCUT2D eigenvalue weighted by Gasteiger charge is -2.29. The van der Waals surface area contributed by atoms with Gasteiger partial charge in [0.25, 0.3) is 11.1 Å². The lowest BCUT2D eigenvalue weighted by atomic mass is 9.86. The van der Waals surface area contributed by atoms with Gasteiger partial charge in [-0.15, -0.1) is 0 Å². The molecule has 0 bridgehead atoms. The Bertz CT molecular complexity index is 838. The fourth-order valence-corrected chi connectivity index (χ4v) is 4.50. The van der Waals surface area contributed by atoms with Crippen LogP contribution in [0, 0.1) is 5.92 Å². The summed E-state index contributed by atoms with van der Waals surface area (Å²) in [5.41, 5.74) is 0.702. The molecule has 0 unspecified atom stereocenters. The molecule has 2 aliphatic rings. The number of nitrogens with one attached hydrogen (secondary N) is 1. The van der Waals surface area contributed by atoms with Crippen molar-refractivity contribution in [3.8, 4) is 11.5 Å². The van der Waals surface area contributed by atoms with Crippen LogP contribution in [0.3, 0.4) is 0 Å². The molecule has 3 amide bonds. The maximum atomic E-state index is 12.7. The van der Waals surface area contributed by atoms with Crippen LogP contribution in [-0.2, 0) is 9.59 Å². The summed E-state index contributed by atoms with van der Waals surface area (Å²) >= 11 is 0.835. The van der Waals surface area contributed by atoms with Crippen LogP contribution in [0.4, 0.5) is 4.79 Å². The summed E-state index contributed by atoms with van der Waals surface area (Å²) in [6.45, 7) is 1.87. The van der Waals surface area contributed by atoms with Gasteiger partial charge in [0.1, 0.15) is 6.54 Å². The average molecular weight is 419 g/mol. The molecule has 7 nitrogen and oxygen atoms in total. The molecule has 1 aromatic rings. The highest BCUT2D eigenvalue weighted by atomic mass is 32.2. The molecule has 2 atom stereocenters. The van der Waals surface area contributed by atoms with E-state index < -0.39 is 11.1 Å². The number of rotatable bonds is 6. The summed E-state index contributed by atoms with van der Waals surface area (Å²) in [6, 6.07) is 5.34. The second kappa shape index (κ2) is 9.35. The SMILES string of the molecule is COc1ccc(/C=C2\SC(=O)N(CC(=O)N[C@@H]3CCCC[C@@H]3C)C2=O)cc1OC. The van der Waals surface area contributed by atoms with Crippen LogP contribution in [0.5, 0.6) is 11.5 Å². The maximum absolute atomic E-state index is 12.7. The molecule has 2 fully saturated rings. The number of carbonyl (C=O) groups excluding carboxylic acids is 3. The Labute approximate surface area is 174 Å². The smallest absolute Gasteiger partial charge is 0.294 e. The predicted molar refractivity (Wildman–Crippen MR) is 112 cm³/mol. The molecule has 0 aromatic heterocycles. The number of ether oxygens (including phenoxy) is 2. The third-order valence-electron chi connectivity index (χ3n) is 5.34. The van der Waals surface area contributed by atoms with Crippen LogP contribution in [0.1, 0.15) is 38.2 Å². The minimum Gasteiger partial charge on any atom is -0.493 e. The van der Waals surface area contributed by atoms with Crippen molar-refractivity contribution in [2.75, 3.05) is 20.8 Å². The monoisotopic (exact) mass is 418 g/mol. The molecular formula is C21H26N2O5S. The Balaban J connectivity index is 1.67. The zero-order valence-electron chi connectivity index (χ0n) is 16.9. The molecule has 8 heteroatoms. The Morgan fingerprint density at radius 2 is 1.93 bits per heavy atom. The molecule has 1 aliphatic carbocycles. The van der Waals surface area contributed by atoms with Gasteiger partial charge in [-0.25, -0.2) is 0 Å². The van der Waals surface area contributed by atoms with E-state index in [2.05, 4.69) is 12.2 Å². The molecule has 29 heavy (non-hydrogen) atoms. The summed E-state index contributed by atoms with van der Waals surface area (Å²) in [5.74, 6) is 0.764. The van der Waals surface area contributed by atoms with Gasteiger partial charge in [-0.2, -0.15) is 0 Å². The molecule has 1 N–H and O–H groups in total. The van der Waals surface area contributed by atoms with Crippen LogP contribution in [0.2, 0.25) is 0 Å². The van der Waals surface area contributed by atoms with E-state index in [-0.39, 0.29) is 23.4 Å². The van der Waals surface area contributed by atoms with Crippen molar-refractivity contribution in [2.24, 2.45) is 5.92 Å². The lowest BCUT2D eigenvalue weighted by molar-refractivity contribution is -0.130. The predicted octanol–water partition coefficient (Wildman–Crippen LogP) is 3.44. The van der Waals surface area contributed by atoms with Crippen molar-refractivity contribution < 1.29 is 23.9 Å². The van der Waals surface area contributed by atoms with Crippen molar-refractivity contribution in [1.29, 1.82) is 0 Å². The molecule has 0 radical (unpaired) electrons. The van der Waals surface area contributed by atoms with Gasteiger partial charge in [0.05, 0.1) is 19.1 Å². The van der Waals surface area contributed by atoms with Gasteiger partial charge in [0.15, 0.2) is 11.5 Å². The second-order valence-electron chi connectivity index (χ2n) is 7.32. The van der Waals surface area contributed by atoms with Gasteiger partial charge < -0.3 is 14.8 Å². The molecule has 1 heterocycles. The molecule has 1 saturated carbocycles. The van der Waals surface area contributed by atoms with Crippen LogP contribution in [-0.4, -0.2) is 48.8 Å². The second-order valence-corrected chi connectivity index (χ2v) is 8.31. The van der Waals surface area contributed by atoms with E-state index in [1.54, 1.807) is 31.4 Å². The topological polar surface area (TPSA) is 84.9 Å². The summed E-state index contributed by atoms with van der Waals surface area (Å²) in [4.78, 5) is 38.7. The minimum absolute atomic E-state index is 0.110. The van der Waals surface area contributed by atoms with E-state index in [1.165, 1.54) is 13.5 Å². The maximum Gasteiger partial charge on any atom is 0.294 e. The average Bonchev–Trinajstić information content (AvgIpc) is 2.97. The number of hydrogen-bond donors (Lipinski definition) is 1. The van der Waals surface area contributed by atoms with Crippen LogP contribution < -0.4 is 14.8 Å². The molecule has 1 saturated heterocycles. The first-order chi connectivity index (χ1) is 13.9. The molecule has 3 rings (SSSR count). The fraction of sp³-hybridized carbons (Fsp3) is 0.476. The first kappa shape index (κ1) is 21.2. The van der Waals surface area contributed by atoms with Gasteiger partial charge in [-0.05, 0) is 54.3 Å². The molecule has 156 valence electrons. The van der Waals surface area contributed by atoms with E-state index in [0.29, 0.717) is 23.0 Å². The number of benzene rings is 1. The number of nitrogens with zero attached hydrogens (tertiary/aromatic N) is 1. The van der Waals surface area contributed by atoms with Gasteiger partial charge in [-0.3, -0.25) is 19.3 Å². The first-order valence-electron chi connectivity index (χ1n) is 9.69. The Kier molecular flexibility index (Phi) is 6.84. The number of hydrogen-bond acceptors (Lipinski definition) is 6. The number of methoxy groups -OCH3 is 2. The lowest BCUT2D eigenvalue weighted by Crippen LogP contribution is -2.46. The quantitative estimate of drug-likeness (QED) is 0.713. The summed E-state index contributed by atoms with van der Waals surface area (Å²) in [5, 5.41) is 2.55. The van der Waals surface area contributed by atoms with Gasteiger partial charge in [0, 0.05) is 6.04 Å². The van der Waals surface area contributed by atoms with Crippen molar-refractivity contribution in [1.82, 2.24) is 10.2 Å². The largest absolute Gasteiger partial charge is 0.493 e. The Hall–Kier alpha value is -2.48. The number of carbonyl (C=O) groups is 3. The first-order valence-corrected chi connectivity index (χ1v) is 10.5. The van der Waals surface area contributed by atoms with Gasteiger partial charge in [0.2, 0.25) is 5.91 Å². The highest BCUT2D eigenvalue weighted by Crippen LogP contribution is 2.34. The third-order valence-corrected chi connectivity index (χ3v) is 6.25. The molecule has 0 spiro atoms. The van der Waals surface area contributed by atoms with Crippen molar-refractivity contribution in [3.63, 3.8) is 0 Å². The van der Waals surface area contributed by atoms with Gasteiger partial charge >= 0.3 is 0 Å².